The van der Waals surface area contributed by atoms with Crippen molar-refractivity contribution in [2.24, 2.45) is 0 Å². The monoisotopic (exact) mass is 532 g/mol. The number of rotatable bonds is 7. The van der Waals surface area contributed by atoms with Gasteiger partial charge in [0.05, 0.1) is 22.9 Å². The van der Waals surface area contributed by atoms with E-state index in [-0.39, 0.29) is 30.8 Å². The Labute approximate surface area is 214 Å². The highest BCUT2D eigenvalue weighted by molar-refractivity contribution is 6.23. The van der Waals surface area contributed by atoms with Crippen LogP contribution in [0.5, 0.6) is 0 Å². The Balaban J connectivity index is 1.72. The van der Waals surface area contributed by atoms with Crippen LogP contribution in [-0.2, 0) is 9.59 Å². The number of benzene rings is 3. The second-order valence-corrected chi connectivity index (χ2v) is 8.69. The van der Waals surface area contributed by atoms with E-state index in [4.69, 9.17) is 0 Å². The fourth-order valence-electron chi connectivity index (χ4n) is 4.40. The van der Waals surface area contributed by atoms with E-state index in [1.807, 2.05) is 0 Å². The third-order valence-corrected chi connectivity index (χ3v) is 6.22. The third kappa shape index (κ3) is 5.90. The zero-order chi connectivity index (χ0) is 27.5. The molecule has 3 aromatic rings. The molecular weight excluding hydrogens is 510 g/mol. The van der Waals surface area contributed by atoms with Gasteiger partial charge in [0.1, 0.15) is 0 Å². The largest absolute Gasteiger partial charge is 0.454 e. The molecule has 0 bridgehead atoms. The molecule has 0 saturated heterocycles. The summed E-state index contributed by atoms with van der Waals surface area (Å²) in [6.45, 7) is -0.117. The Bertz CT molecular complexity index is 1320. The summed E-state index contributed by atoms with van der Waals surface area (Å²) in [7, 11) is 0. The number of fused-ring (bicyclic) bond motifs is 1. The minimum atomic E-state index is -5.11. The fraction of sp³-hybridized carbons (Fsp3) is 0.214. The van der Waals surface area contributed by atoms with Crippen LogP contribution in [0.3, 0.4) is 0 Å². The summed E-state index contributed by atoms with van der Waals surface area (Å²) in [4.78, 5) is 27.8. The predicted molar refractivity (Wildman–Crippen MR) is 132 cm³/mol. The van der Waals surface area contributed by atoms with Crippen LogP contribution in [0.15, 0.2) is 91.1 Å². The third-order valence-electron chi connectivity index (χ3n) is 6.22. The van der Waals surface area contributed by atoms with Gasteiger partial charge in [0.25, 0.3) is 5.78 Å². The molecular formula is C28H22F6N2O2. The normalized spacial score (nSPS) is 15.2. The molecule has 38 heavy (non-hydrogen) atoms. The number of carbonyl (C=O) groups excluding carboxylic acids is 2. The number of hydrogen-bond donors (Lipinski definition) is 0. The number of halogens is 6. The first kappa shape index (κ1) is 27.0. The fourth-order valence-corrected chi connectivity index (χ4v) is 4.40. The van der Waals surface area contributed by atoms with Crippen molar-refractivity contribution in [2.45, 2.75) is 18.3 Å². The SMILES string of the molecule is O=C(/C(=C\N1CCN(CC(C(=O)C(F)(F)F)c2ccccc2)c2ccccc21)c1ccccc1)C(F)(F)F. The maximum Gasteiger partial charge on any atom is 0.454 e. The molecule has 0 fully saturated rings. The van der Waals surface area contributed by atoms with Crippen LogP contribution < -0.4 is 9.80 Å². The number of nitrogens with zero attached hydrogens (tertiary/aromatic N) is 2. The second-order valence-electron chi connectivity index (χ2n) is 8.69. The highest BCUT2D eigenvalue weighted by Gasteiger charge is 2.45. The van der Waals surface area contributed by atoms with E-state index in [2.05, 4.69) is 0 Å². The van der Waals surface area contributed by atoms with Crippen LogP contribution in [0.25, 0.3) is 5.57 Å². The Kier molecular flexibility index (Phi) is 7.61. The minimum absolute atomic E-state index is 0.0696. The van der Waals surface area contributed by atoms with Crippen LogP contribution in [0.2, 0.25) is 0 Å². The average Bonchev–Trinajstić information content (AvgIpc) is 2.90. The lowest BCUT2D eigenvalue weighted by atomic mass is 9.93. The number of Topliss-reactive ketones (excluding diaryl/α,β-unsaturated/α-hetero) is 2. The number of ketones is 2. The number of carbonyl (C=O) groups is 2. The molecule has 0 spiro atoms. The Morgan fingerprint density at radius 2 is 1.29 bits per heavy atom. The van der Waals surface area contributed by atoms with Gasteiger partial charge in [-0.1, -0.05) is 72.8 Å². The van der Waals surface area contributed by atoms with Crippen molar-refractivity contribution in [3.63, 3.8) is 0 Å². The van der Waals surface area contributed by atoms with Crippen molar-refractivity contribution in [2.75, 3.05) is 29.4 Å². The molecule has 1 heterocycles. The van der Waals surface area contributed by atoms with Gasteiger partial charge >= 0.3 is 12.4 Å². The summed E-state index contributed by atoms with van der Waals surface area (Å²) < 4.78 is 80.7. The highest BCUT2D eigenvalue weighted by atomic mass is 19.4. The molecule has 1 aliphatic rings. The van der Waals surface area contributed by atoms with E-state index < -0.39 is 35.4 Å². The van der Waals surface area contributed by atoms with Gasteiger partial charge in [0.15, 0.2) is 0 Å². The maximum atomic E-state index is 13.5. The van der Waals surface area contributed by atoms with E-state index in [1.165, 1.54) is 41.3 Å². The van der Waals surface area contributed by atoms with Crippen LogP contribution in [-0.4, -0.2) is 43.6 Å². The zero-order valence-electron chi connectivity index (χ0n) is 19.8. The lowest BCUT2D eigenvalue weighted by Crippen LogP contribution is -2.44. The summed E-state index contributed by atoms with van der Waals surface area (Å²) >= 11 is 0. The van der Waals surface area contributed by atoms with Crippen LogP contribution in [0.1, 0.15) is 17.0 Å². The summed E-state index contributed by atoms with van der Waals surface area (Å²) in [6, 6.07) is 21.5. The molecule has 0 N–H and O–H groups in total. The lowest BCUT2D eigenvalue weighted by molar-refractivity contribution is -0.172. The van der Waals surface area contributed by atoms with Gasteiger partial charge in [0.2, 0.25) is 5.78 Å². The zero-order valence-corrected chi connectivity index (χ0v) is 19.8. The molecule has 1 atom stereocenters. The van der Waals surface area contributed by atoms with Gasteiger partial charge in [-0.05, 0) is 23.3 Å². The van der Waals surface area contributed by atoms with Gasteiger partial charge in [-0.15, -0.1) is 0 Å². The first-order valence-electron chi connectivity index (χ1n) is 11.6. The molecule has 10 heteroatoms. The molecule has 0 aromatic heterocycles. The molecule has 0 radical (unpaired) electrons. The average molecular weight is 532 g/mol. The molecule has 0 saturated carbocycles. The van der Waals surface area contributed by atoms with Gasteiger partial charge in [-0.25, -0.2) is 0 Å². The maximum absolute atomic E-state index is 13.5. The summed E-state index contributed by atoms with van der Waals surface area (Å²) in [5.74, 6) is -5.40. The molecule has 1 unspecified atom stereocenters. The van der Waals surface area contributed by atoms with Crippen molar-refractivity contribution in [1.82, 2.24) is 0 Å². The van der Waals surface area contributed by atoms with Crippen LogP contribution in [0.4, 0.5) is 37.7 Å². The topological polar surface area (TPSA) is 40.6 Å². The smallest absolute Gasteiger partial charge is 0.367 e. The quantitative estimate of drug-likeness (QED) is 0.261. The van der Waals surface area contributed by atoms with E-state index in [0.29, 0.717) is 11.4 Å². The van der Waals surface area contributed by atoms with E-state index >= 15 is 0 Å². The summed E-state index contributed by atoms with van der Waals surface area (Å²) in [5.41, 5.74) is 0.549. The van der Waals surface area contributed by atoms with Crippen molar-refractivity contribution in [1.29, 1.82) is 0 Å². The van der Waals surface area contributed by atoms with Gasteiger partial charge in [-0.2, -0.15) is 26.3 Å². The number of para-hydroxylation sites is 2. The predicted octanol–water partition coefficient (Wildman–Crippen LogP) is 6.40. The van der Waals surface area contributed by atoms with Crippen molar-refractivity contribution >= 4 is 28.5 Å². The van der Waals surface area contributed by atoms with Crippen LogP contribution >= 0.6 is 0 Å². The van der Waals surface area contributed by atoms with Gasteiger partial charge < -0.3 is 9.80 Å². The number of allylic oxidation sites excluding steroid dienone is 1. The Morgan fingerprint density at radius 3 is 1.87 bits per heavy atom. The van der Waals surface area contributed by atoms with Crippen LogP contribution in [0, 0.1) is 0 Å². The van der Waals surface area contributed by atoms with Crippen molar-refractivity contribution < 1.29 is 35.9 Å². The molecule has 4 rings (SSSR count). The van der Waals surface area contributed by atoms with E-state index in [1.54, 1.807) is 53.4 Å². The highest BCUT2D eigenvalue weighted by Crippen LogP contribution is 2.38. The second kappa shape index (κ2) is 10.7. The minimum Gasteiger partial charge on any atom is -0.367 e. The summed E-state index contributed by atoms with van der Waals surface area (Å²) in [5, 5.41) is 0. The standard InChI is InChI=1S/C28H22F6N2O2/c29-27(30,31)25(37)21(19-9-3-1-4-10-19)17-35-15-16-36(24-14-8-7-13-23(24)35)18-22(26(38)28(32,33)34)20-11-5-2-6-12-20/h1-14,17,22H,15-16,18H2/b21-17-. The van der Waals surface area contributed by atoms with Gasteiger partial charge in [0, 0.05) is 25.8 Å². The number of alkyl halides is 6. The molecule has 1 aliphatic heterocycles. The van der Waals surface area contributed by atoms with Crippen molar-refractivity contribution in [3.8, 4) is 0 Å². The first-order valence-corrected chi connectivity index (χ1v) is 11.6. The Hall–Kier alpha value is -4.08. The lowest BCUT2D eigenvalue weighted by Gasteiger charge is -2.39. The molecule has 198 valence electrons. The van der Waals surface area contributed by atoms with Gasteiger partial charge in [-0.3, -0.25) is 9.59 Å². The first-order chi connectivity index (χ1) is 18.0. The molecule has 3 aromatic carbocycles. The Morgan fingerprint density at radius 1 is 0.737 bits per heavy atom. The molecule has 0 amide bonds. The molecule has 4 nitrogen and oxygen atoms in total. The molecule has 0 aliphatic carbocycles. The number of hydrogen-bond acceptors (Lipinski definition) is 4. The van der Waals surface area contributed by atoms with E-state index in [0.717, 1.165) is 6.20 Å². The van der Waals surface area contributed by atoms with E-state index in [9.17, 15) is 35.9 Å². The summed E-state index contributed by atoms with van der Waals surface area (Å²) in [6.07, 6.45) is -9.03. The number of anilines is 2. The van der Waals surface area contributed by atoms with Crippen molar-refractivity contribution in [3.05, 3.63) is 102 Å².